The van der Waals surface area contributed by atoms with Crippen LogP contribution in [0.4, 0.5) is 5.69 Å². The molecule has 1 aliphatic rings. The van der Waals surface area contributed by atoms with Crippen molar-refractivity contribution in [1.29, 1.82) is 0 Å². The average Bonchev–Trinajstić information content (AvgIpc) is 3.11. The lowest BCUT2D eigenvalue weighted by Crippen LogP contribution is -2.36. The van der Waals surface area contributed by atoms with Gasteiger partial charge in [0.1, 0.15) is 6.26 Å². The Morgan fingerprint density at radius 2 is 2.12 bits per heavy atom. The second-order valence-electron chi connectivity index (χ2n) is 6.86. The lowest BCUT2D eigenvalue weighted by atomic mass is 9.71. The first kappa shape index (κ1) is 16.7. The fourth-order valence-electron chi connectivity index (χ4n) is 3.59. The van der Waals surface area contributed by atoms with E-state index in [0.29, 0.717) is 18.9 Å². The van der Waals surface area contributed by atoms with E-state index in [4.69, 9.17) is 10.2 Å². The van der Waals surface area contributed by atoms with Gasteiger partial charge in [-0.05, 0) is 49.4 Å². The molecule has 5 heteroatoms. The average molecular weight is 327 g/mol. The van der Waals surface area contributed by atoms with Crippen LogP contribution in [0.25, 0.3) is 11.5 Å². The fourth-order valence-corrected chi connectivity index (χ4v) is 3.59. The highest BCUT2D eigenvalue weighted by Crippen LogP contribution is 2.38. The van der Waals surface area contributed by atoms with Crippen molar-refractivity contribution in [3.05, 3.63) is 36.2 Å². The summed E-state index contributed by atoms with van der Waals surface area (Å²) < 4.78 is 5.37. The number of carbonyl (C=O) groups is 1. The molecule has 128 valence electrons. The van der Waals surface area contributed by atoms with E-state index in [-0.39, 0.29) is 11.3 Å². The van der Waals surface area contributed by atoms with E-state index < -0.39 is 0 Å². The fraction of sp³-hybridized carbons (Fsp3) is 0.474. The summed E-state index contributed by atoms with van der Waals surface area (Å²) in [5.41, 5.74) is 8.67. The van der Waals surface area contributed by atoms with E-state index >= 15 is 0 Å². The SMILES string of the molecule is Cc1ccc(NC(=O)CC2(CN)CCCCC2)cc1-c1ncco1. The maximum absolute atomic E-state index is 12.5. The molecule has 1 aliphatic carbocycles. The summed E-state index contributed by atoms with van der Waals surface area (Å²) in [7, 11) is 0. The second-order valence-corrected chi connectivity index (χ2v) is 6.86. The van der Waals surface area contributed by atoms with Gasteiger partial charge in [0.15, 0.2) is 0 Å². The molecule has 0 atom stereocenters. The highest BCUT2D eigenvalue weighted by Gasteiger charge is 2.32. The van der Waals surface area contributed by atoms with Crippen LogP contribution >= 0.6 is 0 Å². The van der Waals surface area contributed by atoms with Gasteiger partial charge in [-0.1, -0.05) is 25.3 Å². The van der Waals surface area contributed by atoms with Crippen LogP contribution in [0.2, 0.25) is 0 Å². The third-order valence-corrected chi connectivity index (χ3v) is 5.07. The Hall–Kier alpha value is -2.14. The van der Waals surface area contributed by atoms with E-state index in [2.05, 4.69) is 10.3 Å². The van der Waals surface area contributed by atoms with Crippen molar-refractivity contribution in [2.75, 3.05) is 11.9 Å². The van der Waals surface area contributed by atoms with E-state index in [9.17, 15) is 4.79 Å². The molecule has 0 saturated heterocycles. The van der Waals surface area contributed by atoms with Crippen molar-refractivity contribution >= 4 is 11.6 Å². The van der Waals surface area contributed by atoms with Gasteiger partial charge < -0.3 is 15.5 Å². The van der Waals surface area contributed by atoms with Crippen LogP contribution in [0.1, 0.15) is 44.1 Å². The van der Waals surface area contributed by atoms with Crippen LogP contribution in [0.3, 0.4) is 0 Å². The number of nitrogens with two attached hydrogens (primary N) is 1. The Kier molecular flexibility index (Phi) is 5.00. The summed E-state index contributed by atoms with van der Waals surface area (Å²) >= 11 is 0. The lowest BCUT2D eigenvalue weighted by molar-refractivity contribution is -0.118. The number of nitrogens with zero attached hydrogens (tertiary/aromatic N) is 1. The molecule has 0 spiro atoms. The monoisotopic (exact) mass is 327 g/mol. The van der Waals surface area contributed by atoms with Crippen LogP contribution in [0, 0.1) is 12.3 Å². The molecule has 0 aliphatic heterocycles. The highest BCUT2D eigenvalue weighted by molar-refractivity contribution is 5.92. The van der Waals surface area contributed by atoms with E-state index in [1.807, 2.05) is 25.1 Å². The smallest absolute Gasteiger partial charge is 0.226 e. The summed E-state index contributed by atoms with van der Waals surface area (Å²) in [4.78, 5) is 16.7. The molecular weight excluding hydrogens is 302 g/mol. The third kappa shape index (κ3) is 3.67. The zero-order chi connectivity index (χ0) is 17.0. The minimum absolute atomic E-state index is 0.0293. The van der Waals surface area contributed by atoms with E-state index in [1.54, 1.807) is 12.5 Å². The van der Waals surface area contributed by atoms with Gasteiger partial charge in [0.2, 0.25) is 11.8 Å². The first-order valence-electron chi connectivity index (χ1n) is 8.62. The summed E-state index contributed by atoms with van der Waals surface area (Å²) in [5.74, 6) is 0.596. The van der Waals surface area contributed by atoms with Crippen LogP contribution in [0.5, 0.6) is 0 Å². The first-order chi connectivity index (χ1) is 11.6. The van der Waals surface area contributed by atoms with Crippen LogP contribution in [-0.2, 0) is 4.79 Å². The quantitative estimate of drug-likeness (QED) is 0.873. The van der Waals surface area contributed by atoms with Crippen molar-refractivity contribution in [3.8, 4) is 11.5 Å². The Morgan fingerprint density at radius 1 is 1.33 bits per heavy atom. The van der Waals surface area contributed by atoms with Crippen LogP contribution in [0.15, 0.2) is 35.1 Å². The Balaban J connectivity index is 1.71. The van der Waals surface area contributed by atoms with Crippen molar-refractivity contribution in [2.24, 2.45) is 11.1 Å². The molecule has 24 heavy (non-hydrogen) atoms. The number of nitrogens with one attached hydrogen (secondary N) is 1. The van der Waals surface area contributed by atoms with Crippen LogP contribution < -0.4 is 11.1 Å². The molecule has 1 aromatic heterocycles. The van der Waals surface area contributed by atoms with Crippen LogP contribution in [-0.4, -0.2) is 17.4 Å². The van der Waals surface area contributed by atoms with Gasteiger partial charge in [0.05, 0.1) is 6.20 Å². The summed E-state index contributed by atoms with van der Waals surface area (Å²) in [5, 5.41) is 3.01. The molecule has 1 heterocycles. The third-order valence-electron chi connectivity index (χ3n) is 5.07. The van der Waals surface area contributed by atoms with Gasteiger partial charge in [0, 0.05) is 17.7 Å². The Bertz CT molecular complexity index is 689. The maximum Gasteiger partial charge on any atom is 0.226 e. The molecule has 0 radical (unpaired) electrons. The predicted octanol–water partition coefficient (Wildman–Crippen LogP) is 3.89. The van der Waals surface area contributed by atoms with Gasteiger partial charge in [-0.15, -0.1) is 0 Å². The molecule has 1 fully saturated rings. The highest BCUT2D eigenvalue weighted by atomic mass is 16.3. The maximum atomic E-state index is 12.5. The van der Waals surface area contributed by atoms with Crippen molar-refractivity contribution in [2.45, 2.75) is 45.4 Å². The molecule has 3 N–H and O–H groups in total. The predicted molar refractivity (Wildman–Crippen MR) is 94.5 cm³/mol. The molecule has 2 aromatic rings. The summed E-state index contributed by atoms with van der Waals surface area (Å²) in [6, 6.07) is 5.79. The molecular formula is C19H25N3O2. The largest absolute Gasteiger partial charge is 0.445 e. The number of carbonyl (C=O) groups excluding carboxylic acids is 1. The first-order valence-corrected chi connectivity index (χ1v) is 8.62. The second kappa shape index (κ2) is 7.18. The van der Waals surface area contributed by atoms with Gasteiger partial charge >= 0.3 is 0 Å². The van der Waals surface area contributed by atoms with Gasteiger partial charge in [-0.3, -0.25) is 4.79 Å². The van der Waals surface area contributed by atoms with Gasteiger partial charge in [-0.2, -0.15) is 0 Å². The molecule has 3 rings (SSSR count). The molecule has 0 unspecified atom stereocenters. The number of hydrogen-bond acceptors (Lipinski definition) is 4. The number of anilines is 1. The molecule has 0 bridgehead atoms. The van der Waals surface area contributed by atoms with Gasteiger partial charge in [-0.25, -0.2) is 4.98 Å². The van der Waals surface area contributed by atoms with Crippen molar-refractivity contribution in [1.82, 2.24) is 4.98 Å². The van der Waals surface area contributed by atoms with Crippen molar-refractivity contribution < 1.29 is 9.21 Å². The number of rotatable bonds is 5. The molecule has 1 saturated carbocycles. The van der Waals surface area contributed by atoms with E-state index in [1.165, 1.54) is 19.3 Å². The Labute approximate surface area is 142 Å². The number of amides is 1. The van der Waals surface area contributed by atoms with Gasteiger partial charge in [0.25, 0.3) is 0 Å². The molecule has 1 amide bonds. The lowest BCUT2D eigenvalue weighted by Gasteiger charge is -2.35. The summed E-state index contributed by atoms with van der Waals surface area (Å²) in [6.07, 6.45) is 9.35. The standard InChI is InChI=1S/C19H25N3O2/c1-14-5-6-15(11-16(14)18-21-9-10-24-18)22-17(23)12-19(13-20)7-3-2-4-8-19/h5-6,9-11H,2-4,7-8,12-13,20H2,1H3,(H,22,23). The number of benzene rings is 1. The minimum Gasteiger partial charge on any atom is -0.445 e. The normalized spacial score (nSPS) is 16.8. The zero-order valence-corrected chi connectivity index (χ0v) is 14.2. The summed E-state index contributed by atoms with van der Waals surface area (Å²) in [6.45, 7) is 2.58. The topological polar surface area (TPSA) is 81.2 Å². The number of aromatic nitrogens is 1. The van der Waals surface area contributed by atoms with Crippen molar-refractivity contribution in [3.63, 3.8) is 0 Å². The number of oxazole rings is 1. The minimum atomic E-state index is -0.0293. The zero-order valence-electron chi connectivity index (χ0n) is 14.2. The molecule has 5 nitrogen and oxygen atoms in total. The Morgan fingerprint density at radius 3 is 2.79 bits per heavy atom. The van der Waals surface area contributed by atoms with E-state index in [0.717, 1.165) is 29.7 Å². The molecule has 1 aromatic carbocycles. The number of aryl methyl sites for hydroxylation is 1. The number of hydrogen-bond donors (Lipinski definition) is 2.